The summed E-state index contributed by atoms with van der Waals surface area (Å²) in [6.07, 6.45) is 0.683. The van der Waals surface area contributed by atoms with Crippen LogP contribution in [0.4, 0.5) is 0 Å². The predicted molar refractivity (Wildman–Crippen MR) is 65.0 cm³/mol. The van der Waals surface area contributed by atoms with E-state index in [0.717, 1.165) is 10.7 Å². The minimum Gasteiger partial charge on any atom is -0.488 e. The molecule has 0 bridgehead atoms. The summed E-state index contributed by atoms with van der Waals surface area (Å²) in [5.41, 5.74) is 0. The quantitative estimate of drug-likeness (QED) is 0.783. The fourth-order valence-corrected chi connectivity index (χ4v) is 1.84. The van der Waals surface area contributed by atoms with E-state index in [4.69, 9.17) is 4.74 Å². The van der Waals surface area contributed by atoms with Gasteiger partial charge < -0.3 is 4.74 Å². The molecule has 0 unspecified atom stereocenters. The van der Waals surface area contributed by atoms with Crippen molar-refractivity contribution in [2.75, 3.05) is 12.9 Å². The van der Waals surface area contributed by atoms with Crippen molar-refractivity contribution in [3.63, 3.8) is 0 Å². The predicted octanol–water partition coefficient (Wildman–Crippen LogP) is 2.19. The highest BCUT2D eigenvalue weighted by Gasteiger charge is 2.09. The molecular formula is C10H13BrO4S. The molecule has 0 fully saturated rings. The van der Waals surface area contributed by atoms with Crippen molar-refractivity contribution in [3.05, 3.63) is 28.7 Å². The Morgan fingerprint density at radius 2 is 2.12 bits per heavy atom. The molecule has 0 saturated heterocycles. The van der Waals surface area contributed by atoms with E-state index in [0.29, 0.717) is 5.75 Å². The zero-order valence-corrected chi connectivity index (χ0v) is 11.4. The summed E-state index contributed by atoms with van der Waals surface area (Å²) < 4.78 is 32.5. The molecule has 0 aliphatic heterocycles. The minimum absolute atomic E-state index is 0.00530. The maximum Gasteiger partial charge on any atom is 0.264 e. The van der Waals surface area contributed by atoms with Gasteiger partial charge in [0.05, 0.1) is 6.26 Å². The SMILES string of the molecule is C[C@@H](COS(C)(=O)=O)Oc1cccc(Br)c1. The summed E-state index contributed by atoms with van der Waals surface area (Å²) in [5, 5.41) is 0. The summed E-state index contributed by atoms with van der Waals surface area (Å²) >= 11 is 3.32. The van der Waals surface area contributed by atoms with Gasteiger partial charge in [0.15, 0.2) is 0 Å². The molecule has 0 aromatic heterocycles. The molecule has 0 saturated carbocycles. The Balaban J connectivity index is 2.49. The third kappa shape index (κ3) is 5.48. The van der Waals surface area contributed by atoms with Gasteiger partial charge in [-0.3, -0.25) is 4.18 Å². The van der Waals surface area contributed by atoms with Crippen molar-refractivity contribution in [3.8, 4) is 5.75 Å². The van der Waals surface area contributed by atoms with Gasteiger partial charge in [0.25, 0.3) is 10.1 Å². The van der Waals surface area contributed by atoms with Gasteiger partial charge in [-0.15, -0.1) is 0 Å². The number of benzene rings is 1. The van der Waals surface area contributed by atoms with Crippen LogP contribution in [0.25, 0.3) is 0 Å². The van der Waals surface area contributed by atoms with E-state index >= 15 is 0 Å². The second-order valence-electron chi connectivity index (χ2n) is 3.37. The third-order valence-electron chi connectivity index (χ3n) is 1.65. The first-order valence-corrected chi connectivity index (χ1v) is 7.24. The number of hydrogen-bond acceptors (Lipinski definition) is 4. The fraction of sp³-hybridized carbons (Fsp3) is 0.400. The Kier molecular flexibility index (Phi) is 4.76. The normalized spacial score (nSPS) is 13.4. The summed E-state index contributed by atoms with van der Waals surface area (Å²) in [6.45, 7) is 1.75. The lowest BCUT2D eigenvalue weighted by Crippen LogP contribution is -2.21. The molecule has 0 radical (unpaired) electrons. The molecule has 1 aromatic carbocycles. The zero-order valence-electron chi connectivity index (χ0n) is 9.01. The molecule has 90 valence electrons. The van der Waals surface area contributed by atoms with Crippen LogP contribution in [0.3, 0.4) is 0 Å². The second kappa shape index (κ2) is 5.65. The number of ether oxygens (including phenoxy) is 1. The van der Waals surface area contributed by atoms with Gasteiger partial charge in [0, 0.05) is 4.47 Å². The molecule has 0 heterocycles. The van der Waals surface area contributed by atoms with Crippen LogP contribution >= 0.6 is 15.9 Å². The first kappa shape index (κ1) is 13.5. The van der Waals surface area contributed by atoms with Crippen molar-refractivity contribution in [1.82, 2.24) is 0 Å². The van der Waals surface area contributed by atoms with E-state index in [-0.39, 0.29) is 12.7 Å². The van der Waals surface area contributed by atoms with Crippen molar-refractivity contribution >= 4 is 26.0 Å². The standard InChI is InChI=1S/C10H13BrO4S/c1-8(7-14-16(2,12)13)15-10-5-3-4-9(11)6-10/h3-6,8H,7H2,1-2H3/t8-/m0/s1. The molecule has 6 heteroatoms. The van der Waals surface area contributed by atoms with E-state index in [9.17, 15) is 8.42 Å². The highest BCUT2D eigenvalue weighted by Crippen LogP contribution is 2.18. The molecule has 0 aliphatic carbocycles. The Hall–Kier alpha value is -0.590. The zero-order chi connectivity index (χ0) is 12.2. The lowest BCUT2D eigenvalue weighted by atomic mass is 10.3. The van der Waals surface area contributed by atoms with Crippen LogP contribution in [0.5, 0.6) is 5.75 Å². The molecule has 1 rings (SSSR count). The van der Waals surface area contributed by atoms with Gasteiger partial charge in [-0.2, -0.15) is 8.42 Å². The number of hydrogen-bond donors (Lipinski definition) is 0. The largest absolute Gasteiger partial charge is 0.488 e. The molecular weight excluding hydrogens is 296 g/mol. The van der Waals surface area contributed by atoms with Crippen molar-refractivity contribution in [2.24, 2.45) is 0 Å². The third-order valence-corrected chi connectivity index (χ3v) is 2.71. The van der Waals surface area contributed by atoms with Crippen LogP contribution < -0.4 is 4.74 Å². The Morgan fingerprint density at radius 3 is 2.69 bits per heavy atom. The number of rotatable bonds is 5. The summed E-state index contributed by atoms with van der Waals surface area (Å²) in [5.74, 6) is 0.666. The van der Waals surface area contributed by atoms with Crippen LogP contribution in [0.1, 0.15) is 6.92 Å². The minimum atomic E-state index is -3.41. The van der Waals surface area contributed by atoms with Crippen molar-refractivity contribution in [1.29, 1.82) is 0 Å². The summed E-state index contributed by atoms with van der Waals surface area (Å²) in [4.78, 5) is 0. The van der Waals surface area contributed by atoms with Crippen LogP contribution in [-0.4, -0.2) is 27.4 Å². The maximum absolute atomic E-state index is 10.8. The Bertz CT molecular complexity index is 444. The molecule has 1 aromatic rings. The topological polar surface area (TPSA) is 52.6 Å². The maximum atomic E-state index is 10.8. The molecule has 0 amide bonds. The van der Waals surface area contributed by atoms with E-state index < -0.39 is 10.1 Å². The lowest BCUT2D eigenvalue weighted by molar-refractivity contribution is 0.147. The monoisotopic (exact) mass is 308 g/mol. The smallest absolute Gasteiger partial charge is 0.264 e. The van der Waals surface area contributed by atoms with Gasteiger partial charge >= 0.3 is 0 Å². The summed E-state index contributed by atoms with van der Waals surface area (Å²) in [7, 11) is -3.41. The Labute approximate surface area is 104 Å². The van der Waals surface area contributed by atoms with E-state index in [2.05, 4.69) is 20.1 Å². The molecule has 1 atom stereocenters. The van der Waals surface area contributed by atoms with E-state index in [1.807, 2.05) is 12.1 Å². The molecule has 0 spiro atoms. The van der Waals surface area contributed by atoms with Gasteiger partial charge in [-0.25, -0.2) is 0 Å². The van der Waals surface area contributed by atoms with Crippen LogP contribution in [0.15, 0.2) is 28.7 Å². The molecule has 16 heavy (non-hydrogen) atoms. The van der Waals surface area contributed by atoms with Gasteiger partial charge in [0.2, 0.25) is 0 Å². The van der Waals surface area contributed by atoms with Crippen molar-refractivity contribution in [2.45, 2.75) is 13.0 Å². The summed E-state index contributed by atoms with van der Waals surface area (Å²) in [6, 6.07) is 7.31. The Morgan fingerprint density at radius 1 is 1.44 bits per heavy atom. The van der Waals surface area contributed by atoms with Crippen LogP contribution in [-0.2, 0) is 14.3 Å². The molecule has 0 aliphatic rings. The first-order chi connectivity index (χ1) is 7.37. The van der Waals surface area contributed by atoms with Gasteiger partial charge in [0.1, 0.15) is 18.5 Å². The second-order valence-corrected chi connectivity index (χ2v) is 5.93. The highest BCUT2D eigenvalue weighted by atomic mass is 79.9. The highest BCUT2D eigenvalue weighted by molar-refractivity contribution is 9.10. The van der Waals surface area contributed by atoms with Crippen molar-refractivity contribution < 1.29 is 17.3 Å². The van der Waals surface area contributed by atoms with Crippen LogP contribution in [0, 0.1) is 0 Å². The molecule has 0 N–H and O–H groups in total. The van der Waals surface area contributed by atoms with Crippen LogP contribution in [0.2, 0.25) is 0 Å². The first-order valence-electron chi connectivity index (χ1n) is 4.63. The average Bonchev–Trinajstić information content (AvgIpc) is 2.14. The number of halogens is 1. The molecule has 4 nitrogen and oxygen atoms in total. The fourth-order valence-electron chi connectivity index (χ4n) is 1.03. The van der Waals surface area contributed by atoms with E-state index in [1.54, 1.807) is 19.1 Å². The lowest BCUT2D eigenvalue weighted by Gasteiger charge is -2.14. The van der Waals surface area contributed by atoms with E-state index in [1.165, 1.54) is 0 Å². The average molecular weight is 309 g/mol. The van der Waals surface area contributed by atoms with Gasteiger partial charge in [-0.05, 0) is 25.1 Å². The van der Waals surface area contributed by atoms with Gasteiger partial charge in [-0.1, -0.05) is 22.0 Å².